The fourth-order valence-electron chi connectivity index (χ4n) is 0.731. The maximum absolute atomic E-state index is 5.71. The second-order valence-electron chi connectivity index (χ2n) is 2.25. The molecule has 0 fully saturated rings. The van der Waals surface area contributed by atoms with Crippen molar-refractivity contribution < 1.29 is 0 Å². The number of hydrogen-bond acceptors (Lipinski definition) is 2. The van der Waals surface area contributed by atoms with Crippen LogP contribution in [0.5, 0.6) is 0 Å². The van der Waals surface area contributed by atoms with Gasteiger partial charge in [0.05, 0.1) is 0 Å². The van der Waals surface area contributed by atoms with E-state index in [9.17, 15) is 0 Å². The predicted octanol–water partition coefficient (Wildman–Crippen LogP) is 2.34. The molecule has 0 spiro atoms. The Morgan fingerprint density at radius 3 is 2.82 bits per heavy atom. The molecule has 0 bridgehead atoms. The fourth-order valence-corrected chi connectivity index (χ4v) is 1.31. The maximum atomic E-state index is 5.71. The van der Waals surface area contributed by atoms with Gasteiger partial charge in [0.2, 0.25) is 0 Å². The smallest absolute Gasteiger partial charge is 0.184 e. The summed E-state index contributed by atoms with van der Waals surface area (Å²) in [6.07, 6.45) is 2.28. The summed E-state index contributed by atoms with van der Waals surface area (Å²) < 4.78 is 2.75. The standard InChI is InChI=1S/C6H9ClIN3/c1-2-3-4-11-6(8)5(7)9-10-11/h2-4H2,1H3. The molecule has 0 aliphatic carbocycles. The minimum absolute atomic E-state index is 0.502. The van der Waals surface area contributed by atoms with E-state index in [0.717, 1.165) is 23.1 Å². The van der Waals surface area contributed by atoms with Crippen molar-refractivity contribution in [1.29, 1.82) is 0 Å². The number of rotatable bonds is 3. The Kier molecular flexibility index (Phi) is 3.58. The highest BCUT2D eigenvalue weighted by molar-refractivity contribution is 14.1. The lowest BCUT2D eigenvalue weighted by Crippen LogP contribution is -2.01. The number of unbranched alkanes of at least 4 members (excludes halogenated alkanes) is 1. The van der Waals surface area contributed by atoms with E-state index in [4.69, 9.17) is 11.6 Å². The molecule has 0 atom stereocenters. The third-order valence-electron chi connectivity index (χ3n) is 1.36. The van der Waals surface area contributed by atoms with E-state index in [0.29, 0.717) is 5.15 Å². The molecule has 0 unspecified atom stereocenters. The summed E-state index contributed by atoms with van der Waals surface area (Å²) in [7, 11) is 0. The van der Waals surface area contributed by atoms with E-state index in [1.807, 2.05) is 4.68 Å². The highest BCUT2D eigenvalue weighted by atomic mass is 127. The van der Waals surface area contributed by atoms with Crippen LogP contribution < -0.4 is 0 Å². The Morgan fingerprint density at radius 2 is 2.36 bits per heavy atom. The second kappa shape index (κ2) is 4.25. The van der Waals surface area contributed by atoms with E-state index in [1.165, 1.54) is 0 Å². The molecule has 1 rings (SSSR count). The number of aromatic nitrogens is 3. The lowest BCUT2D eigenvalue weighted by Gasteiger charge is -1.98. The molecule has 0 saturated heterocycles. The molecule has 1 aromatic heterocycles. The van der Waals surface area contributed by atoms with Gasteiger partial charge in [0.25, 0.3) is 0 Å². The molecule has 0 N–H and O–H groups in total. The van der Waals surface area contributed by atoms with Gasteiger partial charge in [-0.05, 0) is 29.0 Å². The van der Waals surface area contributed by atoms with Crippen molar-refractivity contribution in [3.8, 4) is 0 Å². The summed E-state index contributed by atoms with van der Waals surface area (Å²) in [6, 6.07) is 0. The van der Waals surface area contributed by atoms with Crippen LogP contribution in [-0.2, 0) is 6.54 Å². The van der Waals surface area contributed by atoms with Gasteiger partial charge in [0, 0.05) is 6.54 Å². The van der Waals surface area contributed by atoms with Crippen molar-refractivity contribution >= 4 is 34.2 Å². The molecule has 0 aliphatic rings. The van der Waals surface area contributed by atoms with Gasteiger partial charge in [-0.2, -0.15) is 0 Å². The first-order valence-electron chi connectivity index (χ1n) is 3.50. The van der Waals surface area contributed by atoms with Crippen LogP contribution in [0.2, 0.25) is 5.15 Å². The van der Waals surface area contributed by atoms with Crippen LogP contribution in [0.15, 0.2) is 0 Å². The van der Waals surface area contributed by atoms with Crippen LogP contribution in [0.4, 0.5) is 0 Å². The van der Waals surface area contributed by atoms with Crippen LogP contribution in [0.1, 0.15) is 19.8 Å². The van der Waals surface area contributed by atoms with Gasteiger partial charge in [-0.15, -0.1) is 5.10 Å². The SMILES string of the molecule is CCCCn1nnc(Cl)c1I. The summed E-state index contributed by atoms with van der Waals surface area (Å²) in [5, 5.41) is 8.12. The molecule has 0 amide bonds. The molecule has 3 nitrogen and oxygen atoms in total. The predicted molar refractivity (Wildman–Crippen MR) is 52.7 cm³/mol. The lowest BCUT2D eigenvalue weighted by atomic mass is 10.3. The third kappa shape index (κ3) is 2.30. The molecule has 0 saturated carbocycles. The zero-order valence-electron chi connectivity index (χ0n) is 6.22. The average Bonchev–Trinajstić information content (AvgIpc) is 2.31. The third-order valence-corrected chi connectivity index (χ3v) is 3.00. The summed E-state index contributed by atoms with van der Waals surface area (Å²) in [6.45, 7) is 3.06. The van der Waals surface area contributed by atoms with Crippen molar-refractivity contribution in [2.75, 3.05) is 0 Å². The molecular weight excluding hydrogens is 276 g/mol. The summed E-state index contributed by atoms with van der Waals surface area (Å²) in [5.74, 6) is 0. The Labute approximate surface area is 84.3 Å². The summed E-state index contributed by atoms with van der Waals surface area (Å²) in [4.78, 5) is 0. The average molecular weight is 286 g/mol. The molecule has 0 radical (unpaired) electrons. The quantitative estimate of drug-likeness (QED) is 0.798. The van der Waals surface area contributed by atoms with E-state index in [-0.39, 0.29) is 0 Å². The number of nitrogens with zero attached hydrogens (tertiary/aromatic N) is 3. The van der Waals surface area contributed by atoms with E-state index in [1.54, 1.807) is 0 Å². The molecular formula is C6H9ClIN3. The van der Waals surface area contributed by atoms with E-state index < -0.39 is 0 Å². The van der Waals surface area contributed by atoms with E-state index in [2.05, 4.69) is 39.8 Å². The number of aryl methyl sites for hydroxylation is 1. The zero-order chi connectivity index (χ0) is 8.27. The van der Waals surface area contributed by atoms with E-state index >= 15 is 0 Å². The Balaban J connectivity index is 2.63. The highest BCUT2D eigenvalue weighted by Crippen LogP contribution is 2.14. The van der Waals surface area contributed by atoms with Gasteiger partial charge in [-0.1, -0.05) is 30.2 Å². The van der Waals surface area contributed by atoms with Crippen LogP contribution in [0.25, 0.3) is 0 Å². The van der Waals surface area contributed by atoms with Crippen LogP contribution >= 0.6 is 34.2 Å². The first kappa shape index (κ1) is 9.25. The van der Waals surface area contributed by atoms with Gasteiger partial charge in [-0.3, -0.25) is 0 Å². The van der Waals surface area contributed by atoms with Gasteiger partial charge in [0.1, 0.15) is 3.70 Å². The minimum atomic E-state index is 0.502. The van der Waals surface area contributed by atoms with Crippen molar-refractivity contribution in [3.05, 3.63) is 8.85 Å². The van der Waals surface area contributed by atoms with Crippen LogP contribution in [0, 0.1) is 3.70 Å². The van der Waals surface area contributed by atoms with Gasteiger partial charge in [0.15, 0.2) is 5.15 Å². The first-order valence-corrected chi connectivity index (χ1v) is 4.96. The van der Waals surface area contributed by atoms with Crippen molar-refractivity contribution in [3.63, 3.8) is 0 Å². The summed E-state index contributed by atoms with van der Waals surface area (Å²) in [5.41, 5.74) is 0. The zero-order valence-corrected chi connectivity index (χ0v) is 9.13. The summed E-state index contributed by atoms with van der Waals surface area (Å²) >= 11 is 7.85. The Hall–Kier alpha value is 0.160. The number of hydrogen-bond donors (Lipinski definition) is 0. The molecule has 0 aliphatic heterocycles. The molecule has 0 aromatic carbocycles. The fraction of sp³-hybridized carbons (Fsp3) is 0.667. The molecule has 1 heterocycles. The van der Waals surface area contributed by atoms with Gasteiger partial charge < -0.3 is 0 Å². The Bertz CT molecular complexity index is 236. The van der Waals surface area contributed by atoms with Crippen LogP contribution in [0.3, 0.4) is 0 Å². The topological polar surface area (TPSA) is 30.7 Å². The van der Waals surface area contributed by atoms with Crippen molar-refractivity contribution in [2.24, 2.45) is 0 Å². The minimum Gasteiger partial charge on any atom is -0.238 e. The first-order chi connectivity index (χ1) is 5.25. The molecule has 1 aromatic rings. The molecule has 11 heavy (non-hydrogen) atoms. The largest absolute Gasteiger partial charge is 0.238 e. The molecule has 62 valence electrons. The van der Waals surface area contributed by atoms with Crippen molar-refractivity contribution in [1.82, 2.24) is 15.0 Å². The maximum Gasteiger partial charge on any atom is 0.184 e. The Morgan fingerprint density at radius 1 is 1.64 bits per heavy atom. The van der Waals surface area contributed by atoms with Crippen LogP contribution in [-0.4, -0.2) is 15.0 Å². The van der Waals surface area contributed by atoms with Gasteiger partial charge in [-0.25, -0.2) is 4.68 Å². The second-order valence-corrected chi connectivity index (χ2v) is 3.63. The highest BCUT2D eigenvalue weighted by Gasteiger charge is 2.05. The lowest BCUT2D eigenvalue weighted by molar-refractivity contribution is 0.543. The normalized spacial score (nSPS) is 10.5. The molecule has 5 heteroatoms. The monoisotopic (exact) mass is 285 g/mol. The van der Waals surface area contributed by atoms with Gasteiger partial charge >= 0.3 is 0 Å². The number of halogens is 2. The van der Waals surface area contributed by atoms with Crippen molar-refractivity contribution in [2.45, 2.75) is 26.3 Å².